The third kappa shape index (κ3) is 3.26. The van der Waals surface area contributed by atoms with Crippen molar-refractivity contribution in [2.75, 3.05) is 31.1 Å². The molecule has 2 aliphatic rings. The standard InChI is InChI=1S/C11H22N2S.ClH/c1-2-14-6-5-13-7-9-3-4-11(12)10(9)8-13;/h9-11H,2-8,12H2,1H3;1H. The molecule has 2 nitrogen and oxygen atoms in total. The van der Waals surface area contributed by atoms with Gasteiger partial charge in [0.1, 0.15) is 0 Å². The molecule has 3 unspecified atom stereocenters. The van der Waals surface area contributed by atoms with E-state index in [1.54, 1.807) is 0 Å². The quantitative estimate of drug-likeness (QED) is 0.772. The van der Waals surface area contributed by atoms with Gasteiger partial charge in [0.2, 0.25) is 0 Å². The van der Waals surface area contributed by atoms with Crippen LogP contribution in [0.25, 0.3) is 0 Å². The van der Waals surface area contributed by atoms with Crippen LogP contribution < -0.4 is 5.73 Å². The van der Waals surface area contributed by atoms with E-state index in [2.05, 4.69) is 23.6 Å². The molecule has 2 rings (SSSR count). The summed E-state index contributed by atoms with van der Waals surface area (Å²) in [4.78, 5) is 2.62. The third-order valence-electron chi connectivity index (χ3n) is 3.74. The summed E-state index contributed by atoms with van der Waals surface area (Å²) < 4.78 is 0. The van der Waals surface area contributed by atoms with Crippen molar-refractivity contribution in [1.82, 2.24) is 4.90 Å². The normalized spacial score (nSPS) is 35.2. The van der Waals surface area contributed by atoms with Gasteiger partial charge >= 0.3 is 0 Å². The molecule has 1 aliphatic heterocycles. The number of hydrogen-bond donors (Lipinski definition) is 1. The maximum absolute atomic E-state index is 6.11. The Morgan fingerprint density at radius 3 is 2.80 bits per heavy atom. The van der Waals surface area contributed by atoms with E-state index in [0.29, 0.717) is 6.04 Å². The lowest BCUT2D eigenvalue weighted by molar-refractivity contribution is 0.324. The highest BCUT2D eigenvalue weighted by atomic mass is 35.5. The van der Waals surface area contributed by atoms with Gasteiger partial charge in [0.15, 0.2) is 0 Å². The van der Waals surface area contributed by atoms with Crippen LogP contribution >= 0.6 is 24.2 Å². The number of halogens is 1. The van der Waals surface area contributed by atoms with E-state index in [9.17, 15) is 0 Å². The Morgan fingerprint density at radius 2 is 2.13 bits per heavy atom. The molecule has 2 N–H and O–H groups in total. The summed E-state index contributed by atoms with van der Waals surface area (Å²) in [6, 6.07) is 0.504. The average molecular weight is 251 g/mol. The van der Waals surface area contributed by atoms with Crippen molar-refractivity contribution in [3.8, 4) is 0 Å². The van der Waals surface area contributed by atoms with E-state index in [-0.39, 0.29) is 12.4 Å². The molecule has 1 aliphatic carbocycles. The molecule has 0 aromatic heterocycles. The van der Waals surface area contributed by atoms with Crippen molar-refractivity contribution >= 4 is 24.2 Å². The summed E-state index contributed by atoms with van der Waals surface area (Å²) in [5.74, 6) is 4.30. The maximum atomic E-state index is 6.11. The Kier molecular flexibility index (Phi) is 5.75. The first-order chi connectivity index (χ1) is 6.81. The van der Waals surface area contributed by atoms with Gasteiger partial charge < -0.3 is 10.6 Å². The molecule has 1 saturated carbocycles. The molecule has 0 aromatic carbocycles. The summed E-state index contributed by atoms with van der Waals surface area (Å²) in [6.07, 6.45) is 2.65. The predicted molar refractivity (Wildman–Crippen MR) is 70.9 cm³/mol. The van der Waals surface area contributed by atoms with E-state index in [1.165, 1.54) is 44.0 Å². The molecule has 1 saturated heterocycles. The fourth-order valence-electron chi connectivity index (χ4n) is 2.92. The lowest BCUT2D eigenvalue weighted by Crippen LogP contribution is -2.31. The van der Waals surface area contributed by atoms with Gasteiger partial charge in [0.25, 0.3) is 0 Å². The molecule has 0 amide bonds. The lowest BCUT2D eigenvalue weighted by Gasteiger charge is -2.17. The summed E-state index contributed by atoms with van der Waals surface area (Å²) in [5.41, 5.74) is 6.11. The summed E-state index contributed by atoms with van der Waals surface area (Å²) in [6.45, 7) is 6.11. The van der Waals surface area contributed by atoms with E-state index in [4.69, 9.17) is 5.73 Å². The van der Waals surface area contributed by atoms with Gasteiger partial charge in [0.05, 0.1) is 0 Å². The predicted octanol–water partition coefficient (Wildman–Crippen LogP) is 1.83. The van der Waals surface area contributed by atoms with Crippen LogP contribution in [-0.2, 0) is 0 Å². The van der Waals surface area contributed by atoms with Gasteiger partial charge in [-0.2, -0.15) is 11.8 Å². The van der Waals surface area contributed by atoms with Crippen LogP contribution in [-0.4, -0.2) is 42.1 Å². The second-order valence-corrected chi connectivity index (χ2v) is 6.02. The molecule has 0 aromatic rings. The van der Waals surface area contributed by atoms with Gasteiger partial charge in [-0.1, -0.05) is 6.92 Å². The Labute approximate surface area is 104 Å². The zero-order valence-corrected chi connectivity index (χ0v) is 11.2. The van der Waals surface area contributed by atoms with Crippen LogP contribution in [0.4, 0.5) is 0 Å². The van der Waals surface area contributed by atoms with Crippen LogP contribution in [0.5, 0.6) is 0 Å². The Bertz CT molecular complexity index is 191. The summed E-state index contributed by atoms with van der Waals surface area (Å²) >= 11 is 2.05. The molecule has 0 bridgehead atoms. The van der Waals surface area contributed by atoms with E-state index >= 15 is 0 Å². The molecule has 0 radical (unpaired) electrons. The Morgan fingerprint density at radius 1 is 1.33 bits per heavy atom. The first-order valence-corrected chi connectivity index (χ1v) is 7.02. The van der Waals surface area contributed by atoms with Crippen molar-refractivity contribution in [3.05, 3.63) is 0 Å². The molecule has 15 heavy (non-hydrogen) atoms. The smallest absolute Gasteiger partial charge is 0.00826 e. The molecule has 1 heterocycles. The van der Waals surface area contributed by atoms with Gasteiger partial charge in [0, 0.05) is 31.4 Å². The average Bonchev–Trinajstić information content (AvgIpc) is 2.70. The van der Waals surface area contributed by atoms with Gasteiger partial charge in [-0.25, -0.2) is 0 Å². The minimum atomic E-state index is 0. The molecule has 90 valence electrons. The zero-order valence-electron chi connectivity index (χ0n) is 9.52. The number of fused-ring (bicyclic) bond motifs is 1. The number of rotatable bonds is 4. The van der Waals surface area contributed by atoms with Crippen molar-refractivity contribution < 1.29 is 0 Å². The Hall–Kier alpha value is 0.560. The van der Waals surface area contributed by atoms with E-state index in [1.807, 2.05) is 0 Å². The summed E-state index contributed by atoms with van der Waals surface area (Å²) in [5, 5.41) is 0. The van der Waals surface area contributed by atoms with Crippen LogP contribution in [0.1, 0.15) is 19.8 Å². The molecular weight excluding hydrogens is 228 g/mol. The van der Waals surface area contributed by atoms with Crippen LogP contribution in [0, 0.1) is 11.8 Å². The largest absolute Gasteiger partial charge is 0.327 e. The Balaban J connectivity index is 0.00000112. The van der Waals surface area contributed by atoms with E-state index < -0.39 is 0 Å². The van der Waals surface area contributed by atoms with Gasteiger partial charge in [-0.15, -0.1) is 12.4 Å². The van der Waals surface area contributed by atoms with Gasteiger partial charge in [-0.3, -0.25) is 0 Å². The van der Waals surface area contributed by atoms with Crippen molar-refractivity contribution in [2.24, 2.45) is 17.6 Å². The number of nitrogens with zero attached hydrogens (tertiary/aromatic N) is 1. The number of likely N-dealkylation sites (tertiary alicyclic amines) is 1. The number of thioether (sulfide) groups is 1. The summed E-state index contributed by atoms with van der Waals surface area (Å²) in [7, 11) is 0. The van der Waals surface area contributed by atoms with Crippen molar-refractivity contribution in [2.45, 2.75) is 25.8 Å². The minimum Gasteiger partial charge on any atom is -0.327 e. The zero-order chi connectivity index (χ0) is 9.97. The number of hydrogen-bond acceptors (Lipinski definition) is 3. The maximum Gasteiger partial charge on any atom is 0.00826 e. The van der Waals surface area contributed by atoms with Crippen LogP contribution in [0.15, 0.2) is 0 Å². The molecule has 2 fully saturated rings. The lowest BCUT2D eigenvalue weighted by atomic mass is 9.98. The molecular formula is C11H23ClN2S. The van der Waals surface area contributed by atoms with Crippen LogP contribution in [0.2, 0.25) is 0 Å². The molecule has 4 heteroatoms. The fraction of sp³-hybridized carbons (Fsp3) is 1.00. The SMILES string of the molecule is CCSCCN1CC2CCC(N)C2C1.Cl. The van der Waals surface area contributed by atoms with Crippen LogP contribution in [0.3, 0.4) is 0 Å². The molecule has 0 spiro atoms. The first-order valence-electron chi connectivity index (χ1n) is 5.87. The highest BCUT2D eigenvalue weighted by Gasteiger charge is 2.40. The van der Waals surface area contributed by atoms with Gasteiger partial charge in [-0.05, 0) is 30.4 Å². The third-order valence-corrected chi connectivity index (χ3v) is 4.62. The number of nitrogens with two attached hydrogens (primary N) is 1. The highest BCUT2D eigenvalue weighted by molar-refractivity contribution is 7.99. The minimum absolute atomic E-state index is 0. The van der Waals surface area contributed by atoms with E-state index in [0.717, 1.165) is 11.8 Å². The monoisotopic (exact) mass is 250 g/mol. The van der Waals surface area contributed by atoms with Crippen molar-refractivity contribution in [3.63, 3.8) is 0 Å². The van der Waals surface area contributed by atoms with Crippen molar-refractivity contribution in [1.29, 1.82) is 0 Å². The topological polar surface area (TPSA) is 29.3 Å². The first kappa shape index (κ1) is 13.6. The highest BCUT2D eigenvalue weighted by Crippen LogP contribution is 2.36. The molecule has 3 atom stereocenters. The second-order valence-electron chi connectivity index (χ2n) is 4.62. The second kappa shape index (κ2) is 6.33. The fourth-order valence-corrected chi connectivity index (χ4v) is 3.60.